The molecule has 1 aliphatic heterocycles. The quantitative estimate of drug-likeness (QED) is 0.399. The van der Waals surface area contributed by atoms with Crippen LogP contribution in [-0.2, 0) is 16.0 Å². The number of carbonyl (C=O) groups excluding carboxylic acids is 1. The van der Waals surface area contributed by atoms with Gasteiger partial charge in [0.1, 0.15) is 0 Å². The maximum absolute atomic E-state index is 13.4. The van der Waals surface area contributed by atoms with Crippen molar-refractivity contribution in [1.29, 1.82) is 0 Å². The van der Waals surface area contributed by atoms with Crippen LogP contribution in [0.2, 0.25) is 0 Å². The number of hydrogen-bond donors (Lipinski definition) is 1. The number of aliphatic imine (C=N–C) groups is 1. The van der Waals surface area contributed by atoms with Gasteiger partial charge in [-0.3, -0.25) is 9.69 Å². The molecule has 1 fully saturated rings. The smallest absolute Gasteiger partial charge is 0.341 e. The first kappa shape index (κ1) is 25.1. The first-order valence-corrected chi connectivity index (χ1v) is 12.2. The molecule has 8 heteroatoms. The number of benzene rings is 3. The number of methoxy groups -OCH3 is 1. The van der Waals surface area contributed by atoms with Crippen molar-refractivity contribution in [2.45, 2.75) is 13.3 Å². The van der Waals surface area contributed by atoms with Crippen LogP contribution in [0.5, 0.6) is 11.5 Å². The molecular weight excluding hydrogens is 476 g/mol. The van der Waals surface area contributed by atoms with E-state index in [4.69, 9.17) is 19.6 Å². The van der Waals surface area contributed by atoms with Crippen LogP contribution in [0.4, 0.5) is 5.69 Å². The highest BCUT2D eigenvalue weighted by atomic mass is 32.2. The second kappa shape index (κ2) is 11.6. The maximum Gasteiger partial charge on any atom is 0.341 e. The molecule has 0 aliphatic carbocycles. The topological polar surface area (TPSA) is 88.4 Å². The largest absolute Gasteiger partial charge is 0.493 e. The van der Waals surface area contributed by atoms with Gasteiger partial charge in [-0.15, -0.1) is 0 Å². The fraction of sp³-hybridized carbons (Fsp3) is 0.179. The van der Waals surface area contributed by atoms with Crippen LogP contribution in [0.1, 0.15) is 16.7 Å². The fourth-order valence-corrected chi connectivity index (χ4v) is 4.61. The number of rotatable bonds is 9. The van der Waals surface area contributed by atoms with Crippen LogP contribution in [0.3, 0.4) is 0 Å². The van der Waals surface area contributed by atoms with E-state index in [1.165, 1.54) is 18.9 Å². The molecule has 0 saturated carbocycles. The predicted molar refractivity (Wildman–Crippen MR) is 142 cm³/mol. The van der Waals surface area contributed by atoms with Crippen molar-refractivity contribution >= 4 is 40.6 Å². The summed E-state index contributed by atoms with van der Waals surface area (Å²) in [6, 6.07) is 23.0. The number of nitrogens with zero attached hydrogens (tertiary/aromatic N) is 2. The number of aliphatic carboxylic acids is 1. The zero-order valence-electron chi connectivity index (χ0n) is 20.0. The highest BCUT2D eigenvalue weighted by Gasteiger charge is 2.33. The Bertz CT molecular complexity index is 1300. The summed E-state index contributed by atoms with van der Waals surface area (Å²) in [5, 5.41) is 9.49. The maximum atomic E-state index is 13.4. The Balaban J connectivity index is 1.61. The Kier molecular flexibility index (Phi) is 8.07. The third kappa shape index (κ3) is 6.34. The van der Waals surface area contributed by atoms with Gasteiger partial charge in [-0.25, -0.2) is 9.79 Å². The van der Waals surface area contributed by atoms with Crippen molar-refractivity contribution in [3.63, 3.8) is 0 Å². The summed E-state index contributed by atoms with van der Waals surface area (Å²) in [5.74, 6) is -0.492. The molecule has 3 aromatic carbocycles. The molecule has 0 radical (unpaired) electrons. The van der Waals surface area contributed by atoms with Crippen molar-refractivity contribution in [3.8, 4) is 11.5 Å². The molecule has 1 saturated heterocycles. The van der Waals surface area contributed by atoms with Crippen LogP contribution in [0.15, 0.2) is 82.7 Å². The summed E-state index contributed by atoms with van der Waals surface area (Å²) in [4.78, 5) is 31.3. The van der Waals surface area contributed by atoms with Gasteiger partial charge in [0.15, 0.2) is 23.3 Å². The van der Waals surface area contributed by atoms with Crippen molar-refractivity contribution in [2.75, 3.05) is 20.3 Å². The predicted octanol–water partition coefficient (Wildman–Crippen LogP) is 5.31. The van der Waals surface area contributed by atoms with Gasteiger partial charge in [-0.05, 0) is 66.6 Å². The van der Waals surface area contributed by atoms with E-state index in [0.29, 0.717) is 34.5 Å². The molecule has 4 rings (SSSR count). The van der Waals surface area contributed by atoms with Gasteiger partial charge in [0.05, 0.1) is 17.7 Å². The van der Waals surface area contributed by atoms with Crippen LogP contribution < -0.4 is 9.47 Å². The number of hydrogen-bond acceptors (Lipinski definition) is 6. The second-order valence-electron chi connectivity index (χ2n) is 8.13. The molecule has 184 valence electrons. The van der Waals surface area contributed by atoms with Crippen molar-refractivity contribution in [2.24, 2.45) is 4.99 Å². The minimum atomic E-state index is -1.08. The molecule has 1 heterocycles. The van der Waals surface area contributed by atoms with E-state index in [9.17, 15) is 9.59 Å². The number of carbonyl (C=O) groups is 2. The van der Waals surface area contributed by atoms with Gasteiger partial charge in [-0.2, -0.15) is 0 Å². The average molecular weight is 503 g/mol. The van der Waals surface area contributed by atoms with Gasteiger partial charge in [0, 0.05) is 6.54 Å². The lowest BCUT2D eigenvalue weighted by atomic mass is 10.1. The number of amidine groups is 1. The van der Waals surface area contributed by atoms with Gasteiger partial charge in [0.2, 0.25) is 0 Å². The zero-order chi connectivity index (χ0) is 25.5. The molecule has 0 unspecified atom stereocenters. The van der Waals surface area contributed by atoms with Crippen LogP contribution in [0, 0.1) is 6.92 Å². The lowest BCUT2D eigenvalue weighted by Crippen LogP contribution is -2.31. The SMILES string of the molecule is COc1cc(/C=C2/SC(=Nc3ccc(C)cc3)N(CCc3ccccc3)C2=O)ccc1OCC(=O)O. The summed E-state index contributed by atoms with van der Waals surface area (Å²) in [6.07, 6.45) is 2.49. The Morgan fingerprint density at radius 1 is 1.06 bits per heavy atom. The van der Waals surface area contributed by atoms with E-state index >= 15 is 0 Å². The Hall–Kier alpha value is -4.04. The summed E-state index contributed by atoms with van der Waals surface area (Å²) in [6.45, 7) is 2.05. The third-order valence-electron chi connectivity index (χ3n) is 5.45. The highest BCUT2D eigenvalue weighted by molar-refractivity contribution is 8.18. The van der Waals surface area contributed by atoms with E-state index in [-0.39, 0.29) is 5.91 Å². The summed E-state index contributed by atoms with van der Waals surface area (Å²) in [7, 11) is 1.48. The van der Waals surface area contributed by atoms with Gasteiger partial charge < -0.3 is 14.6 Å². The summed E-state index contributed by atoms with van der Waals surface area (Å²) < 4.78 is 10.6. The number of ether oxygens (including phenoxy) is 2. The molecule has 1 N–H and O–H groups in total. The number of carboxylic acid groups (broad SMARTS) is 1. The lowest BCUT2D eigenvalue weighted by Gasteiger charge is -2.15. The highest BCUT2D eigenvalue weighted by Crippen LogP contribution is 2.36. The molecular formula is C28H26N2O5S. The number of amides is 1. The van der Waals surface area contributed by atoms with E-state index < -0.39 is 12.6 Å². The van der Waals surface area contributed by atoms with E-state index in [1.807, 2.05) is 61.5 Å². The summed E-state index contributed by atoms with van der Waals surface area (Å²) in [5.41, 5.74) is 3.79. The Morgan fingerprint density at radius 2 is 1.81 bits per heavy atom. The van der Waals surface area contributed by atoms with Crippen molar-refractivity contribution in [1.82, 2.24) is 4.90 Å². The monoisotopic (exact) mass is 502 g/mol. The molecule has 1 amide bonds. The second-order valence-corrected chi connectivity index (χ2v) is 9.13. The Morgan fingerprint density at radius 3 is 2.50 bits per heavy atom. The van der Waals surface area contributed by atoms with Crippen LogP contribution in [-0.4, -0.2) is 47.3 Å². The number of thioether (sulfide) groups is 1. The first-order chi connectivity index (χ1) is 17.4. The molecule has 0 bridgehead atoms. The van der Waals surface area contributed by atoms with Gasteiger partial charge in [-0.1, -0.05) is 54.1 Å². The van der Waals surface area contributed by atoms with Crippen LogP contribution in [0.25, 0.3) is 6.08 Å². The fourth-order valence-electron chi connectivity index (χ4n) is 3.59. The summed E-state index contributed by atoms with van der Waals surface area (Å²) >= 11 is 1.33. The van der Waals surface area contributed by atoms with Crippen molar-refractivity contribution < 1.29 is 24.2 Å². The minimum absolute atomic E-state index is 0.119. The zero-order valence-corrected chi connectivity index (χ0v) is 20.8. The molecule has 1 aliphatic rings. The van der Waals surface area contributed by atoms with E-state index in [1.54, 1.807) is 29.2 Å². The van der Waals surface area contributed by atoms with Crippen molar-refractivity contribution in [3.05, 3.63) is 94.4 Å². The van der Waals surface area contributed by atoms with E-state index in [0.717, 1.165) is 22.4 Å². The Labute approximate surface area is 214 Å². The van der Waals surface area contributed by atoms with Crippen LogP contribution >= 0.6 is 11.8 Å². The molecule has 0 spiro atoms. The molecule has 0 atom stereocenters. The molecule has 7 nitrogen and oxygen atoms in total. The minimum Gasteiger partial charge on any atom is -0.493 e. The third-order valence-corrected chi connectivity index (χ3v) is 6.46. The van der Waals surface area contributed by atoms with E-state index in [2.05, 4.69) is 0 Å². The first-order valence-electron chi connectivity index (χ1n) is 11.4. The number of carboxylic acids is 1. The molecule has 36 heavy (non-hydrogen) atoms. The van der Waals surface area contributed by atoms with Gasteiger partial charge in [0.25, 0.3) is 5.91 Å². The normalized spacial score (nSPS) is 15.5. The number of aryl methyl sites for hydroxylation is 1. The molecule has 3 aromatic rings. The van der Waals surface area contributed by atoms with Gasteiger partial charge >= 0.3 is 5.97 Å². The lowest BCUT2D eigenvalue weighted by molar-refractivity contribution is -0.139. The molecule has 0 aromatic heterocycles. The standard InChI is InChI=1S/C28H26N2O5S/c1-19-8-11-22(12-9-19)29-28-30(15-14-20-6-4-3-5-7-20)27(33)25(36-28)17-21-10-13-23(24(16-21)34-2)35-18-26(31)32/h3-13,16-17H,14-15,18H2,1-2H3,(H,31,32)/b25-17+,29-28?. The average Bonchev–Trinajstić information content (AvgIpc) is 3.17.